The number of imide groups is 1. The van der Waals surface area contributed by atoms with Crippen molar-refractivity contribution in [1.29, 1.82) is 0 Å². The molecule has 3 N–H and O–H groups in total. The fourth-order valence-electron chi connectivity index (χ4n) is 2.48. The van der Waals surface area contributed by atoms with Gasteiger partial charge in [0.05, 0.1) is 16.2 Å². The van der Waals surface area contributed by atoms with Crippen LogP contribution in [0.2, 0.25) is 0 Å². The number of primary amides is 1. The highest BCUT2D eigenvalue weighted by molar-refractivity contribution is 8.00. The third kappa shape index (κ3) is 3.34. The number of aromatic nitrogens is 2. The van der Waals surface area contributed by atoms with Gasteiger partial charge in [-0.1, -0.05) is 36.0 Å². The molecule has 7 nitrogen and oxygen atoms in total. The Morgan fingerprint density at radius 2 is 1.88 bits per heavy atom. The molecule has 0 radical (unpaired) electrons. The van der Waals surface area contributed by atoms with Crippen molar-refractivity contribution in [1.82, 2.24) is 14.9 Å². The van der Waals surface area contributed by atoms with Crippen molar-refractivity contribution in [2.45, 2.75) is 17.3 Å². The van der Waals surface area contributed by atoms with Crippen molar-refractivity contribution < 1.29 is 9.59 Å². The van der Waals surface area contributed by atoms with Gasteiger partial charge in [0.1, 0.15) is 0 Å². The van der Waals surface area contributed by atoms with Gasteiger partial charge in [0, 0.05) is 7.05 Å². The monoisotopic (exact) mass is 356 g/mol. The maximum atomic E-state index is 12.7. The Labute approximate surface area is 147 Å². The summed E-state index contributed by atoms with van der Waals surface area (Å²) in [5, 5.41) is 4.23. The Kier molecular flexibility index (Phi) is 4.45. The number of fused-ring (bicyclic) bond motifs is 2. The number of nitrogens with two attached hydrogens (primary N) is 1. The molecular weight excluding hydrogens is 340 g/mol. The zero-order valence-electron chi connectivity index (χ0n) is 13.6. The number of thioether (sulfide) groups is 1. The second-order valence-electron chi connectivity index (χ2n) is 5.59. The summed E-state index contributed by atoms with van der Waals surface area (Å²) in [6.45, 7) is 1.61. The number of hydrogen-bond donors (Lipinski definition) is 2. The van der Waals surface area contributed by atoms with Gasteiger partial charge in [0.25, 0.3) is 5.56 Å². The summed E-state index contributed by atoms with van der Waals surface area (Å²) in [5.74, 6) is -0.537. The molecule has 0 saturated heterocycles. The van der Waals surface area contributed by atoms with E-state index in [1.54, 1.807) is 14.0 Å². The molecule has 3 amide bonds. The number of amides is 3. The minimum atomic E-state index is -0.913. The van der Waals surface area contributed by atoms with Gasteiger partial charge in [-0.3, -0.25) is 19.5 Å². The van der Waals surface area contributed by atoms with E-state index in [9.17, 15) is 14.4 Å². The van der Waals surface area contributed by atoms with Crippen LogP contribution in [0.15, 0.2) is 46.3 Å². The van der Waals surface area contributed by atoms with Crippen molar-refractivity contribution in [2.24, 2.45) is 12.8 Å². The number of rotatable bonds is 3. The molecule has 0 bridgehead atoms. The van der Waals surface area contributed by atoms with E-state index in [-0.39, 0.29) is 5.56 Å². The third-order valence-electron chi connectivity index (χ3n) is 3.80. The Morgan fingerprint density at radius 3 is 2.52 bits per heavy atom. The third-order valence-corrected chi connectivity index (χ3v) is 4.94. The molecule has 3 rings (SSSR count). The molecule has 0 saturated carbocycles. The van der Waals surface area contributed by atoms with Gasteiger partial charge in [-0.25, -0.2) is 9.78 Å². The largest absolute Gasteiger partial charge is 0.351 e. The highest BCUT2D eigenvalue weighted by atomic mass is 32.2. The van der Waals surface area contributed by atoms with Crippen LogP contribution in [0.25, 0.3) is 21.7 Å². The van der Waals surface area contributed by atoms with Gasteiger partial charge in [-0.2, -0.15) is 0 Å². The predicted molar refractivity (Wildman–Crippen MR) is 97.5 cm³/mol. The molecule has 8 heteroatoms. The first-order valence-electron chi connectivity index (χ1n) is 7.53. The number of benzene rings is 2. The number of nitrogens with zero attached hydrogens (tertiary/aromatic N) is 2. The molecule has 1 aromatic heterocycles. The number of urea groups is 1. The summed E-state index contributed by atoms with van der Waals surface area (Å²) in [6, 6.07) is 10.5. The van der Waals surface area contributed by atoms with Crippen LogP contribution in [-0.4, -0.2) is 26.7 Å². The second kappa shape index (κ2) is 6.56. The van der Waals surface area contributed by atoms with E-state index in [2.05, 4.69) is 4.98 Å². The fraction of sp³-hybridized carbons (Fsp3) is 0.176. The Bertz CT molecular complexity index is 1060. The molecule has 0 spiro atoms. The van der Waals surface area contributed by atoms with Crippen molar-refractivity contribution >= 4 is 45.4 Å². The quantitative estimate of drug-likeness (QED) is 0.422. The lowest BCUT2D eigenvalue weighted by atomic mass is 10.1. The van der Waals surface area contributed by atoms with E-state index in [0.717, 1.165) is 22.5 Å². The molecular formula is C17H16N4O3S. The summed E-state index contributed by atoms with van der Waals surface area (Å²) >= 11 is 1.09. The normalized spacial score (nSPS) is 12.2. The Balaban J connectivity index is 2.05. The van der Waals surface area contributed by atoms with Gasteiger partial charge in [-0.15, -0.1) is 0 Å². The molecule has 3 aromatic rings. The van der Waals surface area contributed by atoms with E-state index in [4.69, 9.17) is 5.73 Å². The van der Waals surface area contributed by atoms with E-state index >= 15 is 0 Å². The van der Waals surface area contributed by atoms with E-state index in [0.29, 0.717) is 16.1 Å². The number of carbonyl (C=O) groups is 2. The van der Waals surface area contributed by atoms with Gasteiger partial charge in [-0.05, 0) is 29.8 Å². The summed E-state index contributed by atoms with van der Waals surface area (Å²) in [6.07, 6.45) is 0. The van der Waals surface area contributed by atoms with Crippen molar-refractivity contribution in [3.05, 3.63) is 46.8 Å². The average Bonchev–Trinajstić information content (AvgIpc) is 2.57. The molecule has 1 heterocycles. The summed E-state index contributed by atoms with van der Waals surface area (Å²) in [4.78, 5) is 39.8. The van der Waals surface area contributed by atoms with Crippen molar-refractivity contribution in [3.63, 3.8) is 0 Å². The van der Waals surface area contributed by atoms with Gasteiger partial charge in [0.2, 0.25) is 5.91 Å². The fourth-order valence-corrected chi connectivity index (χ4v) is 3.35. The van der Waals surface area contributed by atoms with Gasteiger partial charge < -0.3 is 5.73 Å². The standard InChI is InChI=1S/C17H16N4O3S/c1-9(14(22)20-16(18)24)25-17-19-13-8-11-6-4-3-5-10(11)7-12(13)15(23)21(17)2/h3-9H,1-2H3,(H3,18,20,22,24)/t9-/m1/s1. The second-order valence-corrected chi connectivity index (χ2v) is 6.90. The summed E-state index contributed by atoms with van der Waals surface area (Å²) in [7, 11) is 1.60. The lowest BCUT2D eigenvalue weighted by Crippen LogP contribution is -2.39. The van der Waals surface area contributed by atoms with Crippen LogP contribution < -0.4 is 16.6 Å². The molecule has 1 atom stereocenters. The highest BCUT2D eigenvalue weighted by Gasteiger charge is 2.19. The van der Waals surface area contributed by atoms with Crippen LogP contribution in [0, 0.1) is 0 Å². The Morgan fingerprint density at radius 1 is 1.24 bits per heavy atom. The van der Waals surface area contributed by atoms with Crippen LogP contribution in [0.3, 0.4) is 0 Å². The molecule has 2 aromatic carbocycles. The molecule has 0 aliphatic rings. The van der Waals surface area contributed by atoms with Crippen molar-refractivity contribution in [3.8, 4) is 0 Å². The zero-order chi connectivity index (χ0) is 18.1. The molecule has 25 heavy (non-hydrogen) atoms. The SMILES string of the molecule is C[C@@H](Sc1nc2cc3ccccc3cc2c(=O)n1C)C(=O)NC(N)=O. The molecule has 0 aliphatic carbocycles. The predicted octanol–water partition coefficient (Wildman–Crippen LogP) is 1.76. The first-order chi connectivity index (χ1) is 11.9. The van der Waals surface area contributed by atoms with Crippen LogP contribution in [0.5, 0.6) is 0 Å². The Hall–Kier alpha value is -2.87. The topological polar surface area (TPSA) is 107 Å². The van der Waals surface area contributed by atoms with E-state index < -0.39 is 17.2 Å². The molecule has 0 unspecified atom stereocenters. The van der Waals surface area contributed by atoms with Crippen LogP contribution in [0.4, 0.5) is 4.79 Å². The smallest absolute Gasteiger partial charge is 0.318 e. The maximum Gasteiger partial charge on any atom is 0.318 e. The van der Waals surface area contributed by atoms with Crippen LogP contribution in [-0.2, 0) is 11.8 Å². The van der Waals surface area contributed by atoms with Gasteiger partial charge in [0.15, 0.2) is 5.16 Å². The van der Waals surface area contributed by atoms with Gasteiger partial charge >= 0.3 is 6.03 Å². The minimum Gasteiger partial charge on any atom is -0.351 e. The first kappa shape index (κ1) is 17.0. The molecule has 0 aliphatic heterocycles. The summed E-state index contributed by atoms with van der Waals surface area (Å²) < 4.78 is 1.40. The average molecular weight is 356 g/mol. The maximum absolute atomic E-state index is 12.7. The summed E-state index contributed by atoms with van der Waals surface area (Å²) in [5.41, 5.74) is 5.32. The lowest BCUT2D eigenvalue weighted by Gasteiger charge is -2.13. The van der Waals surface area contributed by atoms with E-state index in [1.807, 2.05) is 41.7 Å². The highest BCUT2D eigenvalue weighted by Crippen LogP contribution is 2.24. The van der Waals surface area contributed by atoms with E-state index in [1.165, 1.54) is 4.57 Å². The number of nitrogens with one attached hydrogen (secondary N) is 1. The molecule has 0 fully saturated rings. The number of hydrogen-bond acceptors (Lipinski definition) is 5. The van der Waals surface area contributed by atoms with Crippen LogP contribution in [0.1, 0.15) is 6.92 Å². The minimum absolute atomic E-state index is 0.194. The lowest BCUT2D eigenvalue weighted by molar-refractivity contribution is -0.119. The van der Waals surface area contributed by atoms with Crippen molar-refractivity contribution in [2.75, 3.05) is 0 Å². The number of carbonyl (C=O) groups excluding carboxylic acids is 2. The zero-order valence-corrected chi connectivity index (χ0v) is 14.5. The first-order valence-corrected chi connectivity index (χ1v) is 8.41. The molecule has 128 valence electrons. The van der Waals surface area contributed by atoms with Crippen LogP contribution >= 0.6 is 11.8 Å².